The summed E-state index contributed by atoms with van der Waals surface area (Å²) in [5.74, 6) is 1.13. The molecule has 9 nitrogen and oxygen atoms in total. The van der Waals surface area contributed by atoms with Gasteiger partial charge in [0.2, 0.25) is 0 Å². The van der Waals surface area contributed by atoms with Gasteiger partial charge in [0.05, 0.1) is 38.1 Å². The van der Waals surface area contributed by atoms with Gasteiger partial charge in [0.25, 0.3) is 0 Å². The lowest BCUT2D eigenvalue weighted by Gasteiger charge is -2.47. The first-order valence-corrected chi connectivity index (χ1v) is 24.8. The minimum atomic E-state index is -0.740. The molecule has 1 saturated carbocycles. The van der Waals surface area contributed by atoms with Gasteiger partial charge in [0.15, 0.2) is 12.9 Å². The van der Waals surface area contributed by atoms with E-state index in [0.717, 1.165) is 84.9 Å². The van der Waals surface area contributed by atoms with Crippen LogP contribution in [-0.2, 0) is 72.5 Å². The zero-order chi connectivity index (χ0) is 46.2. The van der Waals surface area contributed by atoms with Crippen molar-refractivity contribution in [3.8, 4) is 5.75 Å². The first-order chi connectivity index (χ1) is 32.9. The van der Waals surface area contributed by atoms with E-state index in [2.05, 4.69) is 56.3 Å². The minimum absolute atomic E-state index is 0.160. The molecule has 10 atom stereocenters. The Bertz CT molecular complexity index is 2210. The first kappa shape index (κ1) is 48.6. The highest BCUT2D eigenvalue weighted by atomic mass is 16.7. The van der Waals surface area contributed by atoms with Crippen molar-refractivity contribution in [1.29, 1.82) is 0 Å². The van der Waals surface area contributed by atoms with Crippen LogP contribution in [0.3, 0.4) is 0 Å². The van der Waals surface area contributed by atoms with Crippen molar-refractivity contribution in [3.63, 3.8) is 0 Å². The first-order valence-electron chi connectivity index (χ1n) is 24.8. The Kier molecular flexibility index (Phi) is 18.1. The van der Waals surface area contributed by atoms with Crippen LogP contribution in [0.1, 0.15) is 98.6 Å². The highest BCUT2D eigenvalue weighted by molar-refractivity contribution is 5.71. The summed E-state index contributed by atoms with van der Waals surface area (Å²) in [6, 6.07) is 46.6. The standard InChI is InChI=1S/C58H70O9/c1-3-5-10-29-47(59)31-32-48-49-33-45-28-19-30-52(61-40-54(60)62-36-41-20-11-6-12-21-41)50(45)34-46(49)35-53(48)67-58-57(65-39-44-26-17-9-18-27-44)56(64-38-43-24-15-8-16-25-43)55(51(4-2)66-58)63-37-42-22-13-7-14-23-42/h6-9,11-28,30,46-49,51,53,55-59H,3-5,10,29,31-40H2,1-2H3/t46-,47-,48+,49-,51-,53+,55-,56+,57-,58?/m1/s1. The smallest absolute Gasteiger partial charge is 0.344 e. The van der Waals surface area contributed by atoms with E-state index >= 15 is 0 Å². The summed E-state index contributed by atoms with van der Waals surface area (Å²) >= 11 is 0. The molecule has 67 heavy (non-hydrogen) atoms. The molecule has 5 aromatic rings. The molecule has 8 rings (SSSR count). The molecular formula is C58H70O9. The van der Waals surface area contributed by atoms with Gasteiger partial charge >= 0.3 is 5.97 Å². The summed E-state index contributed by atoms with van der Waals surface area (Å²) in [4.78, 5) is 12.9. The number of carbonyl (C=O) groups is 1. The van der Waals surface area contributed by atoms with Gasteiger partial charge in [0.1, 0.15) is 30.7 Å². The van der Waals surface area contributed by atoms with E-state index in [-0.39, 0.29) is 37.4 Å². The van der Waals surface area contributed by atoms with Crippen LogP contribution in [0, 0.1) is 17.8 Å². The van der Waals surface area contributed by atoms with Crippen LogP contribution < -0.4 is 4.74 Å². The molecule has 2 fully saturated rings. The van der Waals surface area contributed by atoms with Gasteiger partial charge in [-0.15, -0.1) is 0 Å². The lowest BCUT2D eigenvalue weighted by atomic mass is 9.73. The molecule has 2 aliphatic carbocycles. The van der Waals surface area contributed by atoms with E-state index in [1.165, 1.54) is 5.56 Å². The van der Waals surface area contributed by atoms with Gasteiger partial charge in [-0.05, 0) is 102 Å². The summed E-state index contributed by atoms with van der Waals surface area (Å²) in [5.41, 5.74) is 6.50. The average Bonchev–Trinajstić information content (AvgIpc) is 3.70. The molecule has 1 aliphatic heterocycles. The molecule has 0 radical (unpaired) electrons. The Morgan fingerprint density at radius 1 is 0.657 bits per heavy atom. The van der Waals surface area contributed by atoms with E-state index < -0.39 is 30.6 Å². The largest absolute Gasteiger partial charge is 0.482 e. The van der Waals surface area contributed by atoms with Crippen molar-refractivity contribution in [2.24, 2.45) is 17.8 Å². The van der Waals surface area contributed by atoms with Crippen molar-refractivity contribution < 1.29 is 43.1 Å². The molecule has 3 aliphatic rings. The maximum atomic E-state index is 12.9. The summed E-state index contributed by atoms with van der Waals surface area (Å²) in [5, 5.41) is 11.3. The Morgan fingerprint density at radius 3 is 1.84 bits per heavy atom. The van der Waals surface area contributed by atoms with Crippen LogP contribution in [0.4, 0.5) is 0 Å². The molecule has 1 heterocycles. The topological polar surface area (TPSA) is 102 Å². The van der Waals surface area contributed by atoms with Gasteiger partial charge in [-0.1, -0.05) is 167 Å². The van der Waals surface area contributed by atoms with Crippen molar-refractivity contribution in [2.75, 3.05) is 6.61 Å². The van der Waals surface area contributed by atoms with Gasteiger partial charge in [0, 0.05) is 0 Å². The maximum absolute atomic E-state index is 12.9. The summed E-state index contributed by atoms with van der Waals surface area (Å²) in [6.45, 7) is 5.51. The lowest BCUT2D eigenvalue weighted by Crippen LogP contribution is -2.61. The number of hydrogen-bond donors (Lipinski definition) is 1. The SMILES string of the molecule is CCCCC[C@@H](O)CC[C@H]1[C@@H]2Cc3cccc(OCC(=O)OCc4ccccc4)c3C[C@@H]2C[C@@H]1OC1O[C@H](CC)[C@@H](OCc2ccccc2)[C@H](OCc2ccccc2)[C@H]1OCc1ccccc1. The van der Waals surface area contributed by atoms with Crippen LogP contribution in [0.25, 0.3) is 0 Å². The molecule has 0 bridgehead atoms. The number of aliphatic hydroxyl groups is 1. The van der Waals surface area contributed by atoms with Crippen molar-refractivity contribution in [2.45, 2.75) is 147 Å². The third-order valence-electron chi connectivity index (χ3n) is 14.0. The molecule has 0 aromatic heterocycles. The Labute approximate surface area is 398 Å². The fourth-order valence-corrected chi connectivity index (χ4v) is 10.5. The number of ether oxygens (including phenoxy) is 7. The van der Waals surface area contributed by atoms with Gasteiger partial charge in [-0.2, -0.15) is 0 Å². The molecule has 1 N–H and O–H groups in total. The third kappa shape index (κ3) is 13.4. The maximum Gasteiger partial charge on any atom is 0.344 e. The Balaban J connectivity index is 1.05. The molecule has 0 spiro atoms. The van der Waals surface area contributed by atoms with E-state index in [9.17, 15) is 9.90 Å². The second-order valence-corrected chi connectivity index (χ2v) is 18.7. The normalized spacial score (nSPS) is 24.9. The number of hydrogen-bond acceptors (Lipinski definition) is 9. The zero-order valence-electron chi connectivity index (χ0n) is 39.4. The number of carbonyl (C=O) groups excluding carboxylic acids is 1. The van der Waals surface area contributed by atoms with Crippen LogP contribution in [0.15, 0.2) is 140 Å². The van der Waals surface area contributed by atoms with Crippen molar-refractivity contribution in [3.05, 3.63) is 173 Å². The van der Waals surface area contributed by atoms with E-state index in [1.807, 2.05) is 97.1 Å². The summed E-state index contributed by atoms with van der Waals surface area (Å²) in [7, 11) is 0. The second kappa shape index (κ2) is 24.9. The molecule has 5 aromatic carbocycles. The average molecular weight is 911 g/mol. The number of aliphatic hydroxyl groups excluding tert-OH is 1. The quantitative estimate of drug-likeness (QED) is 0.0479. The Morgan fingerprint density at radius 2 is 1.24 bits per heavy atom. The molecule has 1 saturated heterocycles. The van der Waals surface area contributed by atoms with E-state index in [0.29, 0.717) is 44.5 Å². The fraction of sp³-hybridized carbons (Fsp3) is 0.466. The van der Waals surface area contributed by atoms with Gasteiger partial charge in [-0.3, -0.25) is 0 Å². The molecule has 1 unspecified atom stereocenters. The predicted octanol–water partition coefficient (Wildman–Crippen LogP) is 11.2. The molecule has 9 heteroatoms. The Hall–Kier alpha value is -4.87. The van der Waals surface area contributed by atoms with E-state index in [1.54, 1.807) is 0 Å². The van der Waals surface area contributed by atoms with Crippen molar-refractivity contribution in [1.82, 2.24) is 0 Å². The fourth-order valence-electron chi connectivity index (χ4n) is 10.5. The van der Waals surface area contributed by atoms with Crippen LogP contribution in [-0.4, -0.2) is 60.6 Å². The van der Waals surface area contributed by atoms with Crippen LogP contribution in [0.2, 0.25) is 0 Å². The molecule has 0 amide bonds. The number of fused-ring (bicyclic) bond motifs is 2. The minimum Gasteiger partial charge on any atom is -0.482 e. The second-order valence-electron chi connectivity index (χ2n) is 18.7. The van der Waals surface area contributed by atoms with E-state index in [4.69, 9.17) is 33.2 Å². The van der Waals surface area contributed by atoms with Gasteiger partial charge < -0.3 is 38.3 Å². The lowest BCUT2D eigenvalue weighted by molar-refractivity contribution is -0.334. The zero-order valence-corrected chi connectivity index (χ0v) is 39.4. The number of benzene rings is 5. The van der Waals surface area contributed by atoms with Crippen LogP contribution in [0.5, 0.6) is 5.75 Å². The predicted molar refractivity (Wildman–Crippen MR) is 259 cm³/mol. The van der Waals surface area contributed by atoms with Crippen LogP contribution >= 0.6 is 0 Å². The summed E-state index contributed by atoms with van der Waals surface area (Å²) < 4.78 is 47.1. The number of unbranched alkanes of at least 4 members (excludes halogenated alkanes) is 2. The summed E-state index contributed by atoms with van der Waals surface area (Å²) in [6.07, 6.45) is 5.66. The molecule has 356 valence electrons. The highest BCUT2D eigenvalue weighted by Crippen LogP contribution is 2.50. The number of esters is 1. The van der Waals surface area contributed by atoms with Gasteiger partial charge in [-0.25, -0.2) is 4.79 Å². The third-order valence-corrected chi connectivity index (χ3v) is 14.0. The number of rotatable bonds is 24. The van der Waals surface area contributed by atoms with Crippen molar-refractivity contribution >= 4 is 5.97 Å². The molecular weight excluding hydrogens is 841 g/mol. The monoisotopic (exact) mass is 911 g/mol. The highest BCUT2D eigenvalue weighted by Gasteiger charge is 2.52.